The Balaban J connectivity index is 2.60. The first-order chi connectivity index (χ1) is 9.98. The molecular weight excluding hydrogens is 276 g/mol. The average molecular weight is 292 g/mol. The lowest BCUT2D eigenvalue weighted by molar-refractivity contribution is -0.154. The van der Waals surface area contributed by atoms with Gasteiger partial charge in [0.05, 0.1) is 27.8 Å². The Hall–Kier alpha value is -2.37. The molecule has 2 rings (SSSR count). The SMILES string of the molecule is COC(=O)CC1(C(=O)OC)CC(=O)c2ccc(OC)cc21. The molecule has 1 atom stereocenters. The van der Waals surface area contributed by atoms with Crippen LogP contribution >= 0.6 is 0 Å². The number of ether oxygens (including phenoxy) is 3. The van der Waals surface area contributed by atoms with E-state index in [-0.39, 0.29) is 18.6 Å². The van der Waals surface area contributed by atoms with Gasteiger partial charge in [0.2, 0.25) is 0 Å². The van der Waals surface area contributed by atoms with E-state index in [1.165, 1.54) is 21.3 Å². The molecule has 6 nitrogen and oxygen atoms in total. The highest BCUT2D eigenvalue weighted by molar-refractivity contribution is 6.09. The van der Waals surface area contributed by atoms with Gasteiger partial charge in [0.1, 0.15) is 11.2 Å². The highest BCUT2D eigenvalue weighted by Gasteiger charge is 2.52. The van der Waals surface area contributed by atoms with Crippen LogP contribution in [0.1, 0.15) is 28.8 Å². The molecule has 0 saturated carbocycles. The normalized spacial score (nSPS) is 19.9. The molecule has 0 aliphatic heterocycles. The number of esters is 2. The molecule has 0 radical (unpaired) electrons. The molecule has 6 heteroatoms. The first-order valence-electron chi connectivity index (χ1n) is 6.35. The zero-order chi connectivity index (χ0) is 15.6. The van der Waals surface area contributed by atoms with Gasteiger partial charge in [-0.2, -0.15) is 0 Å². The van der Waals surface area contributed by atoms with E-state index in [0.29, 0.717) is 16.9 Å². The second kappa shape index (κ2) is 5.55. The fourth-order valence-corrected chi connectivity index (χ4v) is 2.68. The zero-order valence-electron chi connectivity index (χ0n) is 12.1. The standard InChI is InChI=1S/C15H16O6/c1-19-9-4-5-10-11(6-9)15(7-12(10)16,14(18)21-3)8-13(17)20-2/h4-6H,7-8H2,1-3H3. The van der Waals surface area contributed by atoms with Crippen LogP contribution in [-0.2, 0) is 24.5 Å². The molecule has 0 heterocycles. The maximum atomic E-state index is 12.3. The van der Waals surface area contributed by atoms with Crippen molar-refractivity contribution in [2.75, 3.05) is 21.3 Å². The van der Waals surface area contributed by atoms with Gasteiger partial charge in [0.25, 0.3) is 0 Å². The van der Waals surface area contributed by atoms with Gasteiger partial charge < -0.3 is 14.2 Å². The largest absolute Gasteiger partial charge is 0.497 e. The molecule has 0 aromatic heterocycles. The van der Waals surface area contributed by atoms with Crippen LogP contribution in [0.3, 0.4) is 0 Å². The number of carbonyl (C=O) groups is 3. The van der Waals surface area contributed by atoms with Crippen molar-refractivity contribution in [3.63, 3.8) is 0 Å². The quantitative estimate of drug-likeness (QED) is 0.777. The summed E-state index contributed by atoms with van der Waals surface area (Å²) in [6.07, 6.45) is -0.362. The van der Waals surface area contributed by atoms with Gasteiger partial charge in [-0.25, -0.2) is 0 Å². The van der Waals surface area contributed by atoms with E-state index in [1.54, 1.807) is 18.2 Å². The molecule has 1 unspecified atom stereocenters. The molecule has 0 amide bonds. The molecule has 112 valence electrons. The van der Waals surface area contributed by atoms with Crippen LogP contribution in [0.5, 0.6) is 5.75 Å². The third-order valence-electron chi connectivity index (χ3n) is 3.75. The molecule has 0 saturated heterocycles. The van der Waals surface area contributed by atoms with Gasteiger partial charge >= 0.3 is 11.9 Å². The summed E-state index contributed by atoms with van der Waals surface area (Å²) in [5, 5.41) is 0. The van der Waals surface area contributed by atoms with Crippen LogP contribution in [0.4, 0.5) is 0 Å². The Bertz CT molecular complexity index is 606. The van der Waals surface area contributed by atoms with E-state index in [4.69, 9.17) is 9.47 Å². The van der Waals surface area contributed by atoms with E-state index in [0.717, 1.165) is 0 Å². The smallest absolute Gasteiger partial charge is 0.317 e. The Labute approximate surface area is 122 Å². The summed E-state index contributed by atoms with van der Waals surface area (Å²) in [6.45, 7) is 0. The second-order valence-electron chi connectivity index (χ2n) is 4.84. The molecule has 1 aromatic rings. The lowest BCUT2D eigenvalue weighted by atomic mass is 9.78. The van der Waals surface area contributed by atoms with Crippen LogP contribution in [0.2, 0.25) is 0 Å². The summed E-state index contributed by atoms with van der Waals surface area (Å²) < 4.78 is 14.6. The minimum Gasteiger partial charge on any atom is -0.497 e. The number of benzene rings is 1. The minimum atomic E-state index is -1.34. The Morgan fingerprint density at radius 2 is 1.90 bits per heavy atom. The molecule has 1 aliphatic rings. The number of rotatable bonds is 4. The van der Waals surface area contributed by atoms with Gasteiger partial charge in [0.15, 0.2) is 5.78 Å². The molecule has 0 bridgehead atoms. The van der Waals surface area contributed by atoms with Crippen molar-refractivity contribution in [3.8, 4) is 5.75 Å². The van der Waals surface area contributed by atoms with Crippen molar-refractivity contribution in [3.05, 3.63) is 29.3 Å². The van der Waals surface area contributed by atoms with Gasteiger partial charge in [-0.1, -0.05) is 0 Å². The van der Waals surface area contributed by atoms with Crippen molar-refractivity contribution >= 4 is 17.7 Å². The molecule has 1 aromatic carbocycles. The van der Waals surface area contributed by atoms with E-state index in [1.807, 2.05) is 0 Å². The molecule has 0 fully saturated rings. The summed E-state index contributed by atoms with van der Waals surface area (Å²) >= 11 is 0. The van der Waals surface area contributed by atoms with E-state index < -0.39 is 17.4 Å². The van der Waals surface area contributed by atoms with Crippen molar-refractivity contribution in [2.24, 2.45) is 0 Å². The van der Waals surface area contributed by atoms with Crippen molar-refractivity contribution in [2.45, 2.75) is 18.3 Å². The van der Waals surface area contributed by atoms with Crippen LogP contribution in [-0.4, -0.2) is 39.1 Å². The zero-order valence-corrected chi connectivity index (χ0v) is 12.1. The Kier molecular flexibility index (Phi) is 3.97. The predicted molar refractivity (Wildman–Crippen MR) is 72.3 cm³/mol. The van der Waals surface area contributed by atoms with Crippen LogP contribution < -0.4 is 4.74 Å². The van der Waals surface area contributed by atoms with Gasteiger partial charge in [-0.05, 0) is 23.8 Å². The van der Waals surface area contributed by atoms with Crippen LogP contribution in [0.15, 0.2) is 18.2 Å². The third-order valence-corrected chi connectivity index (χ3v) is 3.75. The number of hydrogen-bond acceptors (Lipinski definition) is 6. The van der Waals surface area contributed by atoms with Crippen molar-refractivity contribution < 1.29 is 28.6 Å². The number of carbonyl (C=O) groups excluding carboxylic acids is 3. The Morgan fingerprint density at radius 1 is 1.19 bits per heavy atom. The summed E-state index contributed by atoms with van der Waals surface area (Å²) in [5.74, 6) is -0.916. The second-order valence-corrected chi connectivity index (χ2v) is 4.84. The van der Waals surface area contributed by atoms with Crippen LogP contribution in [0.25, 0.3) is 0 Å². The van der Waals surface area contributed by atoms with E-state index in [9.17, 15) is 14.4 Å². The first kappa shape index (κ1) is 15.0. The fraction of sp³-hybridized carbons (Fsp3) is 0.400. The summed E-state index contributed by atoms with van der Waals surface area (Å²) in [6, 6.07) is 4.83. The van der Waals surface area contributed by atoms with Crippen molar-refractivity contribution in [1.82, 2.24) is 0 Å². The lowest BCUT2D eigenvalue weighted by Gasteiger charge is -2.25. The average Bonchev–Trinajstić information content (AvgIpc) is 2.79. The minimum absolute atomic E-state index is 0.114. The molecule has 0 N–H and O–H groups in total. The van der Waals surface area contributed by atoms with E-state index in [2.05, 4.69) is 4.74 Å². The number of hydrogen-bond donors (Lipinski definition) is 0. The fourth-order valence-electron chi connectivity index (χ4n) is 2.68. The molecule has 0 spiro atoms. The molecule has 1 aliphatic carbocycles. The molecular formula is C15H16O6. The lowest BCUT2D eigenvalue weighted by Crippen LogP contribution is -2.38. The number of ketones is 1. The van der Waals surface area contributed by atoms with Crippen LogP contribution in [0, 0.1) is 0 Å². The van der Waals surface area contributed by atoms with Gasteiger partial charge in [0, 0.05) is 12.0 Å². The topological polar surface area (TPSA) is 78.9 Å². The number of Topliss-reactive ketones (excluding diaryl/α,β-unsaturated/α-hetero) is 1. The maximum absolute atomic E-state index is 12.3. The maximum Gasteiger partial charge on any atom is 0.317 e. The van der Waals surface area contributed by atoms with E-state index >= 15 is 0 Å². The summed E-state index contributed by atoms with van der Waals surface area (Å²) in [5.41, 5.74) is -0.489. The summed E-state index contributed by atoms with van der Waals surface area (Å²) in [7, 11) is 3.94. The Morgan fingerprint density at radius 3 is 2.48 bits per heavy atom. The number of fused-ring (bicyclic) bond motifs is 1. The predicted octanol–water partition coefficient (Wildman–Crippen LogP) is 1.26. The first-order valence-corrected chi connectivity index (χ1v) is 6.35. The van der Waals surface area contributed by atoms with Gasteiger partial charge in [-0.3, -0.25) is 14.4 Å². The van der Waals surface area contributed by atoms with Crippen molar-refractivity contribution in [1.29, 1.82) is 0 Å². The third kappa shape index (κ3) is 2.37. The monoisotopic (exact) mass is 292 g/mol. The molecule has 21 heavy (non-hydrogen) atoms. The highest BCUT2D eigenvalue weighted by atomic mass is 16.5. The summed E-state index contributed by atoms with van der Waals surface area (Å²) in [4.78, 5) is 36.1. The number of methoxy groups -OCH3 is 3. The highest BCUT2D eigenvalue weighted by Crippen LogP contribution is 2.44. The van der Waals surface area contributed by atoms with Gasteiger partial charge in [-0.15, -0.1) is 0 Å².